The summed E-state index contributed by atoms with van der Waals surface area (Å²) in [6.45, 7) is 8.41. The minimum Gasteiger partial charge on any atom is -0.449 e. The van der Waals surface area contributed by atoms with Crippen molar-refractivity contribution in [3.63, 3.8) is 0 Å². The predicted molar refractivity (Wildman–Crippen MR) is 110 cm³/mol. The SMILES string of the molecule is Cc1nn(Cc2ccccc2)c(Cl)c1/C=C/C(=O)O[C@H](C)C(=O)NCC(C)C. The summed E-state index contributed by atoms with van der Waals surface area (Å²) < 4.78 is 6.82. The Labute approximate surface area is 170 Å². The van der Waals surface area contributed by atoms with Gasteiger partial charge < -0.3 is 10.1 Å². The van der Waals surface area contributed by atoms with Crippen molar-refractivity contribution in [3.8, 4) is 0 Å². The number of hydrogen-bond donors (Lipinski definition) is 1. The van der Waals surface area contributed by atoms with Crippen molar-refractivity contribution in [1.82, 2.24) is 15.1 Å². The first-order valence-electron chi connectivity index (χ1n) is 9.21. The Bertz CT molecular complexity index is 844. The molecule has 0 spiro atoms. The summed E-state index contributed by atoms with van der Waals surface area (Å²) in [5.41, 5.74) is 2.42. The van der Waals surface area contributed by atoms with Crippen LogP contribution in [-0.4, -0.2) is 34.3 Å². The van der Waals surface area contributed by atoms with Crippen LogP contribution in [0.15, 0.2) is 36.4 Å². The van der Waals surface area contributed by atoms with Gasteiger partial charge in [0, 0.05) is 18.2 Å². The average molecular weight is 404 g/mol. The quantitative estimate of drug-likeness (QED) is 0.539. The second-order valence-electron chi connectivity index (χ2n) is 6.98. The van der Waals surface area contributed by atoms with Gasteiger partial charge in [-0.05, 0) is 31.4 Å². The van der Waals surface area contributed by atoms with Crippen LogP contribution in [0.3, 0.4) is 0 Å². The van der Waals surface area contributed by atoms with E-state index in [0.717, 1.165) is 5.56 Å². The number of nitrogens with one attached hydrogen (secondary N) is 1. The Kier molecular flexibility index (Phi) is 7.81. The standard InChI is InChI=1S/C21H26ClN3O3/c1-14(2)12-23-21(27)16(4)28-19(26)11-10-18-15(3)24-25(20(18)22)13-17-8-6-5-7-9-17/h5-11,14,16H,12-13H2,1-4H3,(H,23,27)/b11-10+/t16-/m1/s1. The van der Waals surface area contributed by atoms with Crippen LogP contribution in [-0.2, 0) is 20.9 Å². The van der Waals surface area contributed by atoms with Gasteiger partial charge in [-0.1, -0.05) is 55.8 Å². The van der Waals surface area contributed by atoms with Crippen molar-refractivity contribution in [2.75, 3.05) is 6.54 Å². The van der Waals surface area contributed by atoms with Crippen LogP contribution in [0.4, 0.5) is 0 Å². The molecular weight excluding hydrogens is 378 g/mol. The molecule has 0 radical (unpaired) electrons. The maximum atomic E-state index is 12.0. The van der Waals surface area contributed by atoms with Crippen LogP contribution in [0.2, 0.25) is 5.15 Å². The van der Waals surface area contributed by atoms with Crippen molar-refractivity contribution in [3.05, 3.63) is 58.4 Å². The number of carbonyl (C=O) groups excluding carboxylic acids is 2. The first-order valence-corrected chi connectivity index (χ1v) is 9.59. The first-order chi connectivity index (χ1) is 13.3. The Balaban J connectivity index is 1.99. The van der Waals surface area contributed by atoms with E-state index in [4.69, 9.17) is 16.3 Å². The number of amides is 1. The van der Waals surface area contributed by atoms with Crippen LogP contribution in [0.1, 0.15) is 37.6 Å². The summed E-state index contributed by atoms with van der Waals surface area (Å²) in [7, 11) is 0. The molecule has 1 aromatic heterocycles. The molecule has 1 N–H and O–H groups in total. The third kappa shape index (κ3) is 6.23. The molecule has 1 heterocycles. The second kappa shape index (κ2) is 10.1. The molecule has 0 aliphatic heterocycles. The third-order valence-corrected chi connectivity index (χ3v) is 4.42. The number of rotatable bonds is 8. The Hall–Kier alpha value is -2.60. The van der Waals surface area contributed by atoms with Gasteiger partial charge in [-0.15, -0.1) is 0 Å². The van der Waals surface area contributed by atoms with Crippen LogP contribution < -0.4 is 5.32 Å². The van der Waals surface area contributed by atoms with Gasteiger partial charge in [-0.25, -0.2) is 9.48 Å². The van der Waals surface area contributed by atoms with E-state index in [1.165, 1.54) is 13.0 Å². The fraction of sp³-hybridized carbons (Fsp3) is 0.381. The van der Waals surface area contributed by atoms with E-state index in [-0.39, 0.29) is 5.91 Å². The topological polar surface area (TPSA) is 73.2 Å². The molecule has 6 nitrogen and oxygen atoms in total. The zero-order valence-electron chi connectivity index (χ0n) is 16.6. The van der Waals surface area contributed by atoms with Gasteiger partial charge in [0.1, 0.15) is 5.15 Å². The van der Waals surface area contributed by atoms with Crippen molar-refractivity contribution < 1.29 is 14.3 Å². The van der Waals surface area contributed by atoms with E-state index in [9.17, 15) is 9.59 Å². The summed E-state index contributed by atoms with van der Waals surface area (Å²) in [5, 5.41) is 7.60. The maximum Gasteiger partial charge on any atom is 0.331 e. The van der Waals surface area contributed by atoms with Crippen molar-refractivity contribution >= 4 is 29.6 Å². The number of benzene rings is 1. The van der Waals surface area contributed by atoms with Crippen LogP contribution in [0.5, 0.6) is 0 Å². The van der Waals surface area contributed by atoms with E-state index in [0.29, 0.717) is 35.4 Å². The smallest absolute Gasteiger partial charge is 0.331 e. The van der Waals surface area contributed by atoms with E-state index >= 15 is 0 Å². The van der Waals surface area contributed by atoms with Gasteiger partial charge in [-0.3, -0.25) is 4.79 Å². The predicted octanol–water partition coefficient (Wildman–Crippen LogP) is 3.61. The molecule has 1 atom stereocenters. The van der Waals surface area contributed by atoms with Crippen LogP contribution in [0.25, 0.3) is 6.08 Å². The second-order valence-corrected chi connectivity index (χ2v) is 7.34. The zero-order valence-corrected chi connectivity index (χ0v) is 17.4. The molecule has 150 valence electrons. The minimum atomic E-state index is -0.867. The monoisotopic (exact) mass is 403 g/mol. The van der Waals surface area contributed by atoms with Gasteiger partial charge in [0.05, 0.1) is 12.2 Å². The minimum absolute atomic E-state index is 0.319. The van der Waals surface area contributed by atoms with E-state index in [2.05, 4.69) is 10.4 Å². The molecule has 0 aliphatic carbocycles. The van der Waals surface area contributed by atoms with Gasteiger partial charge in [0.15, 0.2) is 6.10 Å². The lowest BCUT2D eigenvalue weighted by Crippen LogP contribution is -2.37. The summed E-state index contributed by atoms with van der Waals surface area (Å²) in [6.07, 6.45) is 1.95. The van der Waals surface area contributed by atoms with E-state index in [1.54, 1.807) is 10.8 Å². The fourth-order valence-corrected chi connectivity index (χ4v) is 2.78. The van der Waals surface area contributed by atoms with Crippen LogP contribution in [0, 0.1) is 12.8 Å². The van der Waals surface area contributed by atoms with Gasteiger partial charge >= 0.3 is 5.97 Å². The highest BCUT2D eigenvalue weighted by Gasteiger charge is 2.17. The molecule has 0 saturated carbocycles. The third-order valence-electron chi connectivity index (χ3n) is 4.02. The Morgan fingerprint density at radius 2 is 1.93 bits per heavy atom. The lowest BCUT2D eigenvalue weighted by Gasteiger charge is -2.13. The number of esters is 1. The summed E-state index contributed by atoms with van der Waals surface area (Å²) in [4.78, 5) is 23.9. The van der Waals surface area contributed by atoms with Crippen molar-refractivity contribution in [2.45, 2.75) is 40.3 Å². The molecule has 7 heteroatoms. The highest BCUT2D eigenvalue weighted by atomic mass is 35.5. The molecule has 1 aromatic carbocycles. The summed E-state index contributed by atoms with van der Waals surface area (Å²) >= 11 is 6.42. The molecule has 0 fully saturated rings. The molecule has 0 aliphatic rings. The molecule has 1 amide bonds. The fourth-order valence-electron chi connectivity index (χ4n) is 2.48. The maximum absolute atomic E-state index is 12.0. The molecular formula is C21H26ClN3O3. The molecule has 2 rings (SSSR count). The largest absolute Gasteiger partial charge is 0.449 e. The van der Waals surface area contributed by atoms with Gasteiger partial charge in [-0.2, -0.15) is 5.10 Å². The van der Waals surface area contributed by atoms with Gasteiger partial charge in [0.2, 0.25) is 0 Å². The number of aromatic nitrogens is 2. The lowest BCUT2D eigenvalue weighted by atomic mass is 10.2. The Morgan fingerprint density at radius 1 is 1.25 bits per heavy atom. The zero-order chi connectivity index (χ0) is 20.7. The summed E-state index contributed by atoms with van der Waals surface area (Å²) in [6, 6.07) is 9.84. The summed E-state index contributed by atoms with van der Waals surface area (Å²) in [5.74, 6) is -0.608. The number of nitrogens with zero attached hydrogens (tertiary/aromatic N) is 2. The van der Waals surface area contributed by atoms with E-state index in [1.807, 2.05) is 51.1 Å². The normalized spacial score (nSPS) is 12.4. The number of hydrogen-bond acceptors (Lipinski definition) is 4. The molecule has 0 bridgehead atoms. The molecule has 28 heavy (non-hydrogen) atoms. The molecule has 2 aromatic rings. The number of ether oxygens (including phenoxy) is 1. The molecule has 0 unspecified atom stereocenters. The first kappa shape index (κ1) is 21.7. The van der Waals surface area contributed by atoms with Gasteiger partial charge in [0.25, 0.3) is 5.91 Å². The number of halogens is 1. The Morgan fingerprint density at radius 3 is 2.57 bits per heavy atom. The van der Waals surface area contributed by atoms with Crippen molar-refractivity contribution in [2.24, 2.45) is 5.92 Å². The average Bonchev–Trinajstić information content (AvgIpc) is 2.91. The van der Waals surface area contributed by atoms with Crippen LogP contribution >= 0.6 is 11.6 Å². The highest BCUT2D eigenvalue weighted by Crippen LogP contribution is 2.22. The lowest BCUT2D eigenvalue weighted by molar-refractivity contribution is -0.150. The van der Waals surface area contributed by atoms with Crippen molar-refractivity contribution in [1.29, 1.82) is 0 Å². The highest BCUT2D eigenvalue weighted by molar-refractivity contribution is 6.31. The van der Waals surface area contributed by atoms with E-state index < -0.39 is 12.1 Å². The molecule has 0 saturated heterocycles. The number of aryl methyl sites for hydroxylation is 1. The number of carbonyl (C=O) groups is 2.